The Morgan fingerprint density at radius 3 is 2.50 bits per heavy atom. The van der Waals surface area contributed by atoms with Crippen LogP contribution in [0.2, 0.25) is 0 Å². The van der Waals surface area contributed by atoms with Gasteiger partial charge in [0.15, 0.2) is 0 Å². The minimum atomic E-state index is -3.60. The molecule has 7 nitrogen and oxygen atoms in total. The number of nitrogens with one attached hydrogen (secondary N) is 2. The number of aromatic nitrogens is 2. The molecule has 1 heterocycles. The summed E-state index contributed by atoms with van der Waals surface area (Å²) in [6, 6.07) is 0. The average molecular weight is 274 g/mol. The van der Waals surface area contributed by atoms with Gasteiger partial charge in [0.25, 0.3) is 0 Å². The van der Waals surface area contributed by atoms with Gasteiger partial charge in [0, 0.05) is 27.1 Å². The second-order valence-electron chi connectivity index (χ2n) is 4.01. The highest BCUT2D eigenvalue weighted by molar-refractivity contribution is 7.89. The molecule has 0 aliphatic rings. The molecule has 0 unspecified atom stereocenters. The molecule has 1 aromatic heterocycles. The van der Waals surface area contributed by atoms with E-state index in [1.807, 2.05) is 0 Å². The molecule has 1 amide bonds. The normalized spacial score (nSPS) is 11.8. The molecule has 0 fully saturated rings. The summed E-state index contributed by atoms with van der Waals surface area (Å²) in [7, 11) is -0.638. The highest BCUT2D eigenvalue weighted by Gasteiger charge is 2.26. The fraction of sp³-hybridized carbons (Fsp3) is 0.600. The topological polar surface area (TPSA) is 95.2 Å². The average Bonchev–Trinajstić information content (AvgIpc) is 2.65. The number of carbonyl (C=O) groups is 1. The molecule has 0 radical (unpaired) electrons. The van der Waals surface area contributed by atoms with Crippen LogP contribution in [-0.4, -0.2) is 49.5 Å². The number of amides is 1. The van der Waals surface area contributed by atoms with Crippen molar-refractivity contribution in [1.29, 1.82) is 0 Å². The fourth-order valence-corrected chi connectivity index (χ4v) is 3.08. The van der Waals surface area contributed by atoms with Gasteiger partial charge in [0.1, 0.15) is 4.90 Å². The number of nitrogens with zero attached hydrogens (tertiary/aromatic N) is 2. The van der Waals surface area contributed by atoms with Crippen LogP contribution >= 0.6 is 0 Å². The summed E-state index contributed by atoms with van der Waals surface area (Å²) < 4.78 is 25.7. The molecule has 102 valence electrons. The van der Waals surface area contributed by atoms with E-state index in [2.05, 4.69) is 15.5 Å². The monoisotopic (exact) mass is 274 g/mol. The van der Waals surface area contributed by atoms with Crippen molar-refractivity contribution in [2.75, 3.05) is 20.6 Å². The zero-order valence-corrected chi connectivity index (χ0v) is 11.8. The first kappa shape index (κ1) is 14.7. The molecule has 0 aromatic carbocycles. The van der Waals surface area contributed by atoms with Crippen molar-refractivity contribution in [1.82, 2.24) is 19.8 Å². The van der Waals surface area contributed by atoms with Crippen molar-refractivity contribution in [3.05, 3.63) is 11.4 Å². The van der Waals surface area contributed by atoms with Gasteiger partial charge in [-0.25, -0.2) is 12.7 Å². The Balaban J connectivity index is 2.91. The molecular formula is C10H18N4O3S. The number of rotatable bonds is 5. The highest BCUT2D eigenvalue weighted by atomic mass is 32.2. The van der Waals surface area contributed by atoms with Gasteiger partial charge >= 0.3 is 0 Å². The number of hydrogen-bond donors (Lipinski definition) is 2. The summed E-state index contributed by atoms with van der Waals surface area (Å²) in [5.74, 6) is -0.197. The Bertz CT molecular complexity index is 516. The molecule has 0 saturated heterocycles. The van der Waals surface area contributed by atoms with Crippen LogP contribution in [-0.2, 0) is 14.8 Å². The van der Waals surface area contributed by atoms with E-state index >= 15 is 0 Å². The van der Waals surface area contributed by atoms with Crippen molar-refractivity contribution in [2.24, 2.45) is 0 Å². The zero-order valence-electron chi connectivity index (χ0n) is 10.9. The lowest BCUT2D eigenvalue weighted by Crippen LogP contribution is -2.32. The molecule has 0 bridgehead atoms. The summed E-state index contributed by atoms with van der Waals surface area (Å²) in [5.41, 5.74) is 0.929. The van der Waals surface area contributed by atoms with Gasteiger partial charge in [-0.1, -0.05) is 0 Å². The molecule has 0 aliphatic heterocycles. The van der Waals surface area contributed by atoms with Crippen LogP contribution in [0.1, 0.15) is 17.8 Å². The third-order valence-electron chi connectivity index (χ3n) is 2.66. The van der Waals surface area contributed by atoms with E-state index < -0.39 is 10.0 Å². The smallest absolute Gasteiger partial charge is 0.246 e. The van der Waals surface area contributed by atoms with Crippen molar-refractivity contribution in [3.8, 4) is 0 Å². The first-order valence-electron chi connectivity index (χ1n) is 5.49. The van der Waals surface area contributed by atoms with E-state index in [-0.39, 0.29) is 23.8 Å². The third-order valence-corrected chi connectivity index (χ3v) is 4.78. The maximum Gasteiger partial charge on any atom is 0.246 e. The first-order chi connectivity index (χ1) is 8.30. The van der Waals surface area contributed by atoms with E-state index in [4.69, 9.17) is 0 Å². The van der Waals surface area contributed by atoms with E-state index in [9.17, 15) is 13.2 Å². The maximum atomic E-state index is 12.3. The SMILES string of the molecule is CNC(=O)CCN(C)S(=O)(=O)c1c(C)n[nH]c1C. The fourth-order valence-electron chi connectivity index (χ4n) is 1.58. The Labute approximate surface area is 107 Å². The summed E-state index contributed by atoms with van der Waals surface area (Å²) in [4.78, 5) is 11.3. The van der Waals surface area contributed by atoms with E-state index in [0.29, 0.717) is 11.4 Å². The second-order valence-corrected chi connectivity index (χ2v) is 5.99. The molecule has 2 N–H and O–H groups in total. The molecule has 0 saturated carbocycles. The molecular weight excluding hydrogens is 256 g/mol. The lowest BCUT2D eigenvalue weighted by Gasteiger charge is -2.16. The van der Waals surface area contributed by atoms with E-state index in [0.717, 1.165) is 4.31 Å². The van der Waals surface area contributed by atoms with Gasteiger partial charge < -0.3 is 5.32 Å². The van der Waals surface area contributed by atoms with Gasteiger partial charge in [-0.2, -0.15) is 5.10 Å². The maximum absolute atomic E-state index is 12.3. The minimum Gasteiger partial charge on any atom is -0.359 e. The molecule has 8 heteroatoms. The summed E-state index contributed by atoms with van der Waals surface area (Å²) in [5, 5.41) is 8.96. The largest absolute Gasteiger partial charge is 0.359 e. The number of sulfonamides is 1. The Morgan fingerprint density at radius 2 is 2.06 bits per heavy atom. The Hall–Kier alpha value is -1.41. The predicted molar refractivity (Wildman–Crippen MR) is 66.6 cm³/mol. The van der Waals surface area contributed by atoms with Gasteiger partial charge in [-0.05, 0) is 13.8 Å². The van der Waals surface area contributed by atoms with E-state index in [1.165, 1.54) is 14.1 Å². The minimum absolute atomic E-state index is 0.127. The second kappa shape index (κ2) is 5.49. The van der Waals surface area contributed by atoms with Crippen molar-refractivity contribution < 1.29 is 13.2 Å². The predicted octanol–water partition coefficient (Wildman–Crippen LogP) is -0.217. The van der Waals surface area contributed by atoms with Crippen LogP contribution in [0.5, 0.6) is 0 Å². The van der Waals surface area contributed by atoms with Crippen molar-refractivity contribution >= 4 is 15.9 Å². The first-order valence-corrected chi connectivity index (χ1v) is 6.93. The molecule has 1 rings (SSSR count). The molecule has 0 atom stereocenters. The molecule has 1 aromatic rings. The van der Waals surface area contributed by atoms with Gasteiger partial charge in [0.2, 0.25) is 15.9 Å². The number of hydrogen-bond acceptors (Lipinski definition) is 4. The van der Waals surface area contributed by atoms with Crippen LogP contribution in [0.15, 0.2) is 4.90 Å². The number of aryl methyl sites for hydroxylation is 2. The van der Waals surface area contributed by atoms with Crippen molar-refractivity contribution in [2.45, 2.75) is 25.2 Å². The summed E-state index contributed by atoms with van der Waals surface area (Å²) in [6.45, 7) is 3.41. The Morgan fingerprint density at radius 1 is 1.44 bits per heavy atom. The molecule has 0 spiro atoms. The van der Waals surface area contributed by atoms with E-state index in [1.54, 1.807) is 13.8 Å². The summed E-state index contributed by atoms with van der Waals surface area (Å²) >= 11 is 0. The van der Waals surface area contributed by atoms with Crippen molar-refractivity contribution in [3.63, 3.8) is 0 Å². The standard InChI is InChI=1S/C10H18N4O3S/c1-7-10(8(2)13-12-7)18(16,17)14(4)6-5-9(15)11-3/h5-6H2,1-4H3,(H,11,15)(H,12,13). The third kappa shape index (κ3) is 2.88. The quantitative estimate of drug-likeness (QED) is 0.776. The Kier molecular flexibility index (Phi) is 4.47. The van der Waals surface area contributed by atoms with Gasteiger partial charge in [0.05, 0.1) is 11.4 Å². The number of H-pyrrole nitrogens is 1. The summed E-state index contributed by atoms with van der Waals surface area (Å²) in [6.07, 6.45) is 0.127. The van der Waals surface area contributed by atoms with Crippen LogP contribution in [0.25, 0.3) is 0 Å². The van der Waals surface area contributed by atoms with Crippen LogP contribution in [0.3, 0.4) is 0 Å². The van der Waals surface area contributed by atoms with Crippen LogP contribution in [0, 0.1) is 13.8 Å². The number of carbonyl (C=O) groups excluding carboxylic acids is 1. The lowest BCUT2D eigenvalue weighted by atomic mass is 10.4. The molecule has 18 heavy (non-hydrogen) atoms. The lowest BCUT2D eigenvalue weighted by molar-refractivity contribution is -0.120. The number of aromatic amines is 1. The zero-order chi connectivity index (χ0) is 13.9. The van der Waals surface area contributed by atoms with Gasteiger partial charge in [-0.3, -0.25) is 9.89 Å². The van der Waals surface area contributed by atoms with Gasteiger partial charge in [-0.15, -0.1) is 0 Å². The van der Waals surface area contributed by atoms with Crippen LogP contribution < -0.4 is 5.32 Å². The highest BCUT2D eigenvalue weighted by Crippen LogP contribution is 2.20. The van der Waals surface area contributed by atoms with Crippen LogP contribution in [0.4, 0.5) is 0 Å². The molecule has 0 aliphatic carbocycles.